The van der Waals surface area contributed by atoms with E-state index in [1.807, 2.05) is 4.72 Å². The molecule has 0 unspecified atom stereocenters. The zero-order chi connectivity index (χ0) is 14.9. The minimum atomic E-state index is -4.21. The molecule has 2 aromatic rings. The van der Waals surface area contributed by atoms with Crippen LogP contribution in [-0.2, 0) is 10.0 Å². The molecule has 0 spiro atoms. The molecule has 1 aromatic carbocycles. The van der Waals surface area contributed by atoms with E-state index in [2.05, 4.69) is 9.97 Å². The van der Waals surface area contributed by atoms with Crippen molar-refractivity contribution in [2.45, 2.75) is 4.90 Å². The third-order valence-electron chi connectivity index (χ3n) is 2.15. The fourth-order valence-electron chi connectivity index (χ4n) is 1.36. The summed E-state index contributed by atoms with van der Waals surface area (Å²) in [5, 5.41) is -0.306. The first-order chi connectivity index (χ1) is 9.28. The van der Waals surface area contributed by atoms with Crippen LogP contribution >= 0.6 is 23.2 Å². The molecule has 6 nitrogen and oxygen atoms in total. The highest BCUT2D eigenvalue weighted by Crippen LogP contribution is 2.22. The number of nitrogens with two attached hydrogens (primary N) is 1. The van der Waals surface area contributed by atoms with Crippen molar-refractivity contribution in [2.75, 3.05) is 10.5 Å². The van der Waals surface area contributed by atoms with Crippen LogP contribution in [0.4, 0.5) is 15.9 Å². The molecule has 0 atom stereocenters. The third kappa shape index (κ3) is 3.27. The number of nitrogens with one attached hydrogen (secondary N) is 1. The molecule has 0 aliphatic carbocycles. The number of aromatic nitrogens is 2. The SMILES string of the molecule is Nc1ccc(F)c(S(=O)(=O)Nc2cc(Cl)nc(Cl)n2)c1. The van der Waals surface area contributed by atoms with Crippen LogP contribution in [0.2, 0.25) is 10.4 Å². The first-order valence-electron chi connectivity index (χ1n) is 5.06. The molecule has 0 fully saturated rings. The van der Waals surface area contributed by atoms with Crippen molar-refractivity contribution in [1.29, 1.82) is 0 Å². The molecule has 0 amide bonds. The Kier molecular flexibility index (Phi) is 3.98. The van der Waals surface area contributed by atoms with Crippen LogP contribution in [0.5, 0.6) is 0 Å². The van der Waals surface area contributed by atoms with Gasteiger partial charge < -0.3 is 5.73 Å². The molecular formula is C10H7Cl2FN4O2S. The quantitative estimate of drug-likeness (QED) is 0.509. The summed E-state index contributed by atoms with van der Waals surface area (Å²) < 4.78 is 39.7. The second-order valence-electron chi connectivity index (χ2n) is 3.64. The molecule has 10 heteroatoms. The maximum Gasteiger partial charge on any atom is 0.266 e. The number of nitrogens with zero attached hydrogens (tertiary/aromatic N) is 2. The van der Waals surface area contributed by atoms with E-state index in [-0.39, 0.29) is 21.9 Å². The van der Waals surface area contributed by atoms with Crippen LogP contribution in [0.25, 0.3) is 0 Å². The number of rotatable bonds is 3. The molecule has 0 saturated carbocycles. The average molecular weight is 337 g/mol. The lowest BCUT2D eigenvalue weighted by atomic mass is 10.3. The molecule has 0 bridgehead atoms. The van der Waals surface area contributed by atoms with Crippen molar-refractivity contribution >= 4 is 44.7 Å². The monoisotopic (exact) mass is 336 g/mol. The number of halogens is 3. The fraction of sp³-hybridized carbons (Fsp3) is 0. The molecule has 1 aromatic heterocycles. The van der Waals surface area contributed by atoms with E-state index in [1.165, 1.54) is 6.07 Å². The zero-order valence-corrected chi connectivity index (χ0v) is 12.0. The Labute approximate surface area is 123 Å². The van der Waals surface area contributed by atoms with Gasteiger partial charge in [0, 0.05) is 11.8 Å². The Morgan fingerprint density at radius 2 is 1.90 bits per heavy atom. The van der Waals surface area contributed by atoms with Crippen LogP contribution < -0.4 is 10.5 Å². The molecule has 0 radical (unpaired) electrons. The van der Waals surface area contributed by atoms with Gasteiger partial charge in [0.25, 0.3) is 10.0 Å². The lowest BCUT2D eigenvalue weighted by Crippen LogP contribution is -2.16. The topological polar surface area (TPSA) is 98.0 Å². The van der Waals surface area contributed by atoms with Crippen LogP contribution in [-0.4, -0.2) is 18.4 Å². The summed E-state index contributed by atoms with van der Waals surface area (Å²) in [5.74, 6) is -1.13. The second-order valence-corrected chi connectivity index (χ2v) is 6.02. The number of nitrogen functional groups attached to an aromatic ring is 1. The summed E-state index contributed by atoms with van der Waals surface area (Å²) in [6, 6.07) is 4.31. The minimum absolute atomic E-state index is 0.0595. The average Bonchev–Trinajstić information content (AvgIpc) is 2.30. The van der Waals surface area contributed by atoms with Crippen molar-refractivity contribution in [1.82, 2.24) is 9.97 Å². The van der Waals surface area contributed by atoms with Gasteiger partial charge in [-0.05, 0) is 29.8 Å². The fourth-order valence-corrected chi connectivity index (χ4v) is 2.88. The number of anilines is 2. The van der Waals surface area contributed by atoms with E-state index in [1.54, 1.807) is 0 Å². The van der Waals surface area contributed by atoms with E-state index in [0.717, 1.165) is 18.2 Å². The highest BCUT2D eigenvalue weighted by Gasteiger charge is 2.20. The number of hydrogen-bond donors (Lipinski definition) is 2. The van der Waals surface area contributed by atoms with Crippen LogP contribution in [0.3, 0.4) is 0 Å². The van der Waals surface area contributed by atoms with Crippen LogP contribution in [0.15, 0.2) is 29.2 Å². The van der Waals surface area contributed by atoms with E-state index < -0.39 is 20.7 Å². The predicted molar refractivity (Wildman–Crippen MR) is 73.7 cm³/mol. The van der Waals surface area contributed by atoms with Gasteiger partial charge in [-0.1, -0.05) is 11.6 Å². The first kappa shape index (κ1) is 14.8. The van der Waals surface area contributed by atoms with Gasteiger partial charge in [0.1, 0.15) is 21.7 Å². The number of hydrogen-bond acceptors (Lipinski definition) is 5. The van der Waals surface area contributed by atoms with E-state index >= 15 is 0 Å². The van der Waals surface area contributed by atoms with Crippen molar-refractivity contribution in [3.05, 3.63) is 40.5 Å². The van der Waals surface area contributed by atoms with Crippen molar-refractivity contribution < 1.29 is 12.8 Å². The van der Waals surface area contributed by atoms with Crippen LogP contribution in [0.1, 0.15) is 0 Å². The Bertz CT molecular complexity index is 750. The Hall–Kier alpha value is -1.64. The Morgan fingerprint density at radius 1 is 1.20 bits per heavy atom. The van der Waals surface area contributed by atoms with E-state index in [9.17, 15) is 12.8 Å². The summed E-state index contributed by atoms with van der Waals surface area (Å²) >= 11 is 11.2. The summed E-state index contributed by atoms with van der Waals surface area (Å²) in [4.78, 5) is 6.57. The maximum atomic E-state index is 13.6. The third-order valence-corrected chi connectivity index (χ3v) is 3.88. The van der Waals surface area contributed by atoms with Crippen molar-refractivity contribution in [3.8, 4) is 0 Å². The van der Waals surface area contributed by atoms with Gasteiger partial charge in [-0.3, -0.25) is 4.72 Å². The number of benzene rings is 1. The molecule has 20 heavy (non-hydrogen) atoms. The second kappa shape index (κ2) is 5.39. The molecule has 0 aliphatic rings. The summed E-state index contributed by atoms with van der Waals surface area (Å²) in [6.07, 6.45) is 0. The lowest BCUT2D eigenvalue weighted by molar-refractivity contribution is 0.570. The zero-order valence-electron chi connectivity index (χ0n) is 9.64. The lowest BCUT2D eigenvalue weighted by Gasteiger charge is -2.09. The summed E-state index contributed by atoms with van der Waals surface area (Å²) in [6.45, 7) is 0. The standard InChI is InChI=1S/C10H7Cl2FN4O2S/c11-8-4-9(16-10(12)15-8)17-20(18,19)7-3-5(14)1-2-6(7)13/h1-4H,14H2,(H,15,16,17). The smallest absolute Gasteiger partial charge is 0.266 e. The van der Waals surface area contributed by atoms with Gasteiger partial charge in [-0.15, -0.1) is 0 Å². The predicted octanol–water partition coefficient (Wildman–Crippen LogP) is 2.31. The minimum Gasteiger partial charge on any atom is -0.399 e. The maximum absolute atomic E-state index is 13.6. The van der Waals surface area contributed by atoms with Crippen LogP contribution in [0, 0.1) is 5.82 Å². The largest absolute Gasteiger partial charge is 0.399 e. The molecule has 1 heterocycles. The van der Waals surface area contributed by atoms with Gasteiger partial charge in [0.05, 0.1) is 0 Å². The summed E-state index contributed by atoms with van der Waals surface area (Å²) in [5.41, 5.74) is 5.54. The normalized spacial score (nSPS) is 11.3. The van der Waals surface area contributed by atoms with Gasteiger partial charge in [-0.25, -0.2) is 17.8 Å². The highest BCUT2D eigenvalue weighted by atomic mass is 35.5. The molecule has 0 aliphatic heterocycles. The van der Waals surface area contributed by atoms with E-state index in [0.29, 0.717) is 0 Å². The van der Waals surface area contributed by atoms with Crippen molar-refractivity contribution in [3.63, 3.8) is 0 Å². The molecule has 106 valence electrons. The number of sulfonamides is 1. The summed E-state index contributed by atoms with van der Waals surface area (Å²) in [7, 11) is -4.21. The highest BCUT2D eigenvalue weighted by molar-refractivity contribution is 7.92. The van der Waals surface area contributed by atoms with Gasteiger partial charge in [-0.2, -0.15) is 4.98 Å². The van der Waals surface area contributed by atoms with Crippen molar-refractivity contribution in [2.24, 2.45) is 0 Å². The molecule has 0 saturated heterocycles. The van der Waals surface area contributed by atoms with Gasteiger partial charge in [0.2, 0.25) is 5.28 Å². The Morgan fingerprint density at radius 3 is 2.55 bits per heavy atom. The molecule has 3 N–H and O–H groups in total. The molecule has 2 rings (SSSR count). The van der Waals surface area contributed by atoms with E-state index in [4.69, 9.17) is 28.9 Å². The van der Waals surface area contributed by atoms with Gasteiger partial charge in [0.15, 0.2) is 0 Å². The Balaban J connectivity index is 2.43. The molecular weight excluding hydrogens is 330 g/mol. The van der Waals surface area contributed by atoms with Gasteiger partial charge >= 0.3 is 0 Å². The first-order valence-corrected chi connectivity index (χ1v) is 7.30.